The molecule has 1 aromatic heterocycles. The maximum atomic E-state index is 13.6. The number of hydrogen-bond acceptors (Lipinski definition) is 1. The van der Waals surface area contributed by atoms with Gasteiger partial charge in [-0.05, 0) is 24.5 Å². The van der Waals surface area contributed by atoms with Gasteiger partial charge in [0.1, 0.15) is 5.15 Å². The summed E-state index contributed by atoms with van der Waals surface area (Å²) in [4.78, 5) is 3.86. The van der Waals surface area contributed by atoms with Crippen LogP contribution in [0.15, 0.2) is 12.3 Å². The highest BCUT2D eigenvalue weighted by Crippen LogP contribution is 2.45. The van der Waals surface area contributed by atoms with Crippen LogP contribution < -0.4 is 0 Å². The Morgan fingerprint density at radius 3 is 3.17 bits per heavy atom. The van der Waals surface area contributed by atoms with Gasteiger partial charge in [-0.2, -0.15) is 0 Å². The van der Waals surface area contributed by atoms with Crippen molar-refractivity contribution in [1.82, 2.24) is 4.98 Å². The summed E-state index contributed by atoms with van der Waals surface area (Å²) < 4.78 is 13.6. The van der Waals surface area contributed by atoms with E-state index in [4.69, 9.17) is 11.6 Å². The van der Waals surface area contributed by atoms with Gasteiger partial charge in [0.2, 0.25) is 0 Å². The molecular formula is C8H8ClFNP. The molecule has 1 nitrogen and oxygen atoms in total. The second-order valence-corrected chi connectivity index (χ2v) is 4.33. The average molecular weight is 204 g/mol. The Morgan fingerprint density at radius 1 is 1.67 bits per heavy atom. The fraction of sp³-hybridized carbons (Fsp3) is 0.375. The molecule has 1 aliphatic carbocycles. The molecule has 1 heterocycles. The first-order valence-electron chi connectivity index (χ1n) is 3.72. The first-order chi connectivity index (χ1) is 5.59. The van der Waals surface area contributed by atoms with Crippen molar-refractivity contribution in [1.29, 1.82) is 0 Å². The molecule has 12 heavy (non-hydrogen) atoms. The summed E-state index contributed by atoms with van der Waals surface area (Å²) in [5.74, 6) is 0. The van der Waals surface area contributed by atoms with Crippen molar-refractivity contribution >= 4 is 20.8 Å². The van der Waals surface area contributed by atoms with Gasteiger partial charge in [0, 0.05) is 11.8 Å². The molecule has 0 aliphatic heterocycles. The van der Waals surface area contributed by atoms with E-state index in [1.54, 1.807) is 6.07 Å². The zero-order valence-electron chi connectivity index (χ0n) is 6.35. The Bertz CT molecular complexity index is 327. The van der Waals surface area contributed by atoms with Gasteiger partial charge in [0.05, 0.1) is 0 Å². The Labute approximate surface area is 77.5 Å². The van der Waals surface area contributed by atoms with Crippen molar-refractivity contribution in [2.45, 2.75) is 18.3 Å². The molecule has 2 atom stereocenters. The number of halogens is 2. The average Bonchev–Trinajstić information content (AvgIpc) is 2.27. The molecule has 2 rings (SSSR count). The van der Waals surface area contributed by atoms with Gasteiger partial charge in [0.15, 0.2) is 5.41 Å². The van der Waals surface area contributed by atoms with E-state index in [-0.39, 0.29) is 0 Å². The van der Waals surface area contributed by atoms with Crippen LogP contribution in [-0.2, 0) is 11.8 Å². The molecule has 0 radical (unpaired) electrons. The largest absolute Gasteiger partial charge is 0.244 e. The number of rotatable bonds is 0. The molecule has 2 unspecified atom stereocenters. The normalized spacial score (nSPS) is 27.2. The molecule has 1 aliphatic rings. The van der Waals surface area contributed by atoms with E-state index in [1.807, 2.05) is 0 Å². The fourth-order valence-corrected chi connectivity index (χ4v) is 2.08. The van der Waals surface area contributed by atoms with Crippen LogP contribution >= 0.6 is 20.8 Å². The predicted molar refractivity (Wildman–Crippen MR) is 50.1 cm³/mol. The van der Waals surface area contributed by atoms with Crippen LogP contribution in [0.4, 0.5) is 4.39 Å². The van der Waals surface area contributed by atoms with E-state index in [2.05, 4.69) is 14.2 Å². The van der Waals surface area contributed by atoms with E-state index >= 15 is 0 Å². The van der Waals surface area contributed by atoms with Crippen LogP contribution in [0.3, 0.4) is 0 Å². The lowest BCUT2D eigenvalue weighted by Crippen LogP contribution is -2.04. The standard InChI is InChI=1S/C8H8ClFNP/c9-7-3-5-1-2-8(10,12)6(5)4-11-7/h3-4H,1-2,12H2. The lowest BCUT2D eigenvalue weighted by atomic mass is 10.2. The number of nitrogens with zero attached hydrogens (tertiary/aromatic N) is 1. The third-order valence-electron chi connectivity index (χ3n) is 2.16. The number of aryl methyl sites for hydroxylation is 1. The second kappa shape index (κ2) is 2.65. The lowest BCUT2D eigenvalue weighted by molar-refractivity contribution is 0.293. The van der Waals surface area contributed by atoms with Gasteiger partial charge in [-0.3, -0.25) is 0 Å². The van der Waals surface area contributed by atoms with Crippen molar-refractivity contribution in [2.24, 2.45) is 0 Å². The van der Waals surface area contributed by atoms with E-state index in [0.29, 0.717) is 17.1 Å². The number of hydrogen-bond donors (Lipinski definition) is 0. The van der Waals surface area contributed by atoms with E-state index in [1.165, 1.54) is 6.20 Å². The molecule has 0 amide bonds. The van der Waals surface area contributed by atoms with E-state index in [9.17, 15) is 4.39 Å². The van der Waals surface area contributed by atoms with Crippen LogP contribution in [0, 0.1) is 0 Å². The van der Waals surface area contributed by atoms with Crippen molar-refractivity contribution in [3.05, 3.63) is 28.5 Å². The molecular weight excluding hydrogens is 196 g/mol. The number of aromatic nitrogens is 1. The third-order valence-corrected chi connectivity index (χ3v) is 2.97. The second-order valence-electron chi connectivity index (χ2n) is 3.03. The Balaban J connectivity index is 2.55. The summed E-state index contributed by atoms with van der Waals surface area (Å²) >= 11 is 5.68. The maximum absolute atomic E-state index is 13.6. The molecule has 0 fully saturated rings. The molecule has 0 saturated heterocycles. The Kier molecular flexibility index (Phi) is 1.85. The molecule has 0 spiro atoms. The third kappa shape index (κ3) is 1.23. The highest BCUT2D eigenvalue weighted by molar-refractivity contribution is 7.18. The predicted octanol–water partition coefficient (Wildman–Crippen LogP) is 2.68. The van der Waals surface area contributed by atoms with Gasteiger partial charge in [-0.25, -0.2) is 9.37 Å². The summed E-state index contributed by atoms with van der Waals surface area (Å²) in [6.07, 6.45) is 2.78. The van der Waals surface area contributed by atoms with Crippen molar-refractivity contribution < 1.29 is 4.39 Å². The van der Waals surface area contributed by atoms with Crippen molar-refractivity contribution in [3.63, 3.8) is 0 Å². The minimum atomic E-state index is -1.28. The van der Waals surface area contributed by atoms with E-state index in [0.717, 1.165) is 12.0 Å². The van der Waals surface area contributed by atoms with Crippen LogP contribution in [0.1, 0.15) is 17.5 Å². The first-order valence-corrected chi connectivity index (χ1v) is 4.68. The van der Waals surface area contributed by atoms with Crippen LogP contribution in [0.2, 0.25) is 5.15 Å². The first kappa shape index (κ1) is 8.40. The van der Waals surface area contributed by atoms with Gasteiger partial charge in [0.25, 0.3) is 0 Å². The number of alkyl halides is 1. The summed E-state index contributed by atoms with van der Waals surface area (Å²) in [5.41, 5.74) is 1.64. The summed E-state index contributed by atoms with van der Waals surface area (Å²) in [7, 11) is 2.22. The molecule has 4 heteroatoms. The highest BCUT2D eigenvalue weighted by Gasteiger charge is 2.34. The smallest absolute Gasteiger partial charge is 0.150 e. The quantitative estimate of drug-likeness (QED) is 0.467. The minimum absolute atomic E-state index is 0.441. The Hall–Kier alpha value is -0.200. The monoisotopic (exact) mass is 203 g/mol. The molecule has 1 aromatic rings. The van der Waals surface area contributed by atoms with E-state index < -0.39 is 5.41 Å². The summed E-state index contributed by atoms with van der Waals surface area (Å²) in [6.45, 7) is 0. The highest BCUT2D eigenvalue weighted by atomic mass is 35.5. The molecule has 0 bridgehead atoms. The van der Waals surface area contributed by atoms with Crippen LogP contribution in [0.5, 0.6) is 0 Å². The molecule has 0 saturated carbocycles. The molecule has 0 aromatic carbocycles. The van der Waals surface area contributed by atoms with Gasteiger partial charge < -0.3 is 0 Å². The SMILES string of the molecule is FC1(P)CCc2cc(Cl)ncc21. The molecule has 0 N–H and O–H groups in total. The van der Waals surface area contributed by atoms with Crippen LogP contribution in [-0.4, -0.2) is 4.98 Å². The minimum Gasteiger partial charge on any atom is -0.244 e. The van der Waals surface area contributed by atoms with Gasteiger partial charge >= 0.3 is 0 Å². The topological polar surface area (TPSA) is 12.9 Å². The van der Waals surface area contributed by atoms with Gasteiger partial charge in [-0.1, -0.05) is 20.8 Å². The van der Waals surface area contributed by atoms with Crippen molar-refractivity contribution in [3.8, 4) is 0 Å². The summed E-state index contributed by atoms with van der Waals surface area (Å²) in [5, 5.41) is -0.844. The maximum Gasteiger partial charge on any atom is 0.150 e. The zero-order chi connectivity index (χ0) is 8.77. The lowest BCUT2D eigenvalue weighted by Gasteiger charge is -2.12. The zero-order valence-corrected chi connectivity index (χ0v) is 8.26. The van der Waals surface area contributed by atoms with Gasteiger partial charge in [-0.15, -0.1) is 0 Å². The number of pyridine rings is 1. The Morgan fingerprint density at radius 2 is 2.42 bits per heavy atom. The molecule has 64 valence electrons. The fourth-order valence-electron chi connectivity index (χ4n) is 1.50. The van der Waals surface area contributed by atoms with Crippen LogP contribution in [0.25, 0.3) is 0 Å². The number of fused-ring (bicyclic) bond motifs is 1. The van der Waals surface area contributed by atoms with Crippen molar-refractivity contribution in [2.75, 3.05) is 0 Å². The summed E-state index contributed by atoms with van der Waals surface area (Å²) in [6, 6.07) is 1.74.